The highest BCUT2D eigenvalue weighted by Gasteiger charge is 2.29. The number of thiazole rings is 1. The van der Waals surface area contributed by atoms with E-state index in [1.54, 1.807) is 11.3 Å². The summed E-state index contributed by atoms with van der Waals surface area (Å²) in [4.78, 5) is 6.04. The minimum absolute atomic E-state index is 0.217. The predicted octanol–water partition coefficient (Wildman–Crippen LogP) is 2.72. The second-order valence-electron chi connectivity index (χ2n) is 4.87. The lowest BCUT2D eigenvalue weighted by Gasteiger charge is -2.15. The molecule has 1 aromatic rings. The van der Waals surface area contributed by atoms with E-state index in [9.17, 15) is 0 Å². The maximum absolute atomic E-state index is 6.12. The van der Waals surface area contributed by atoms with E-state index in [1.807, 2.05) is 0 Å². The molecule has 3 unspecified atom stereocenters. The third-order valence-corrected chi connectivity index (χ3v) is 4.84. The lowest BCUT2D eigenvalue weighted by atomic mass is 9.99. The van der Waals surface area contributed by atoms with Gasteiger partial charge < -0.3 is 10.5 Å². The van der Waals surface area contributed by atoms with Gasteiger partial charge in [-0.15, -0.1) is 11.3 Å². The predicted molar refractivity (Wildman–Crippen MR) is 64.5 cm³/mol. The van der Waals surface area contributed by atoms with Crippen molar-refractivity contribution in [3.63, 3.8) is 0 Å². The summed E-state index contributed by atoms with van der Waals surface area (Å²) in [5.74, 6) is 0. The molecule has 0 bridgehead atoms. The van der Waals surface area contributed by atoms with Crippen molar-refractivity contribution < 1.29 is 4.74 Å². The molecular formula is C12H18N2OS. The molecule has 1 aliphatic carbocycles. The van der Waals surface area contributed by atoms with Gasteiger partial charge in [0.1, 0.15) is 11.1 Å². The Morgan fingerprint density at radius 2 is 2.25 bits per heavy atom. The maximum Gasteiger partial charge on any atom is 0.122 e. The van der Waals surface area contributed by atoms with Crippen LogP contribution < -0.4 is 5.73 Å². The maximum atomic E-state index is 6.12. The quantitative estimate of drug-likeness (QED) is 0.818. The van der Waals surface area contributed by atoms with Crippen LogP contribution in [-0.4, -0.2) is 11.1 Å². The average molecular weight is 238 g/mol. The second kappa shape index (κ2) is 4.09. The number of hydrogen-bond donors (Lipinski definition) is 1. The Morgan fingerprint density at radius 1 is 1.38 bits per heavy atom. The Balaban J connectivity index is 1.86. The Labute approximate surface area is 100 Å². The van der Waals surface area contributed by atoms with E-state index in [2.05, 4.69) is 6.92 Å². The minimum Gasteiger partial charge on any atom is -0.368 e. The van der Waals surface area contributed by atoms with E-state index < -0.39 is 0 Å². The largest absolute Gasteiger partial charge is 0.368 e. The Hall–Kier alpha value is -0.450. The number of fused-ring (bicyclic) bond motifs is 1. The van der Waals surface area contributed by atoms with Gasteiger partial charge >= 0.3 is 0 Å². The summed E-state index contributed by atoms with van der Waals surface area (Å²) < 4.78 is 5.87. The first-order valence-electron chi connectivity index (χ1n) is 6.14. The van der Waals surface area contributed by atoms with Crippen molar-refractivity contribution in [3.8, 4) is 0 Å². The van der Waals surface area contributed by atoms with Gasteiger partial charge in [0.15, 0.2) is 0 Å². The van der Waals surface area contributed by atoms with Gasteiger partial charge in [0.25, 0.3) is 0 Å². The molecule has 0 amide bonds. The van der Waals surface area contributed by atoms with E-state index >= 15 is 0 Å². The van der Waals surface area contributed by atoms with Gasteiger partial charge in [-0.3, -0.25) is 0 Å². The third kappa shape index (κ3) is 1.79. The van der Waals surface area contributed by atoms with Crippen molar-refractivity contribution >= 4 is 11.3 Å². The van der Waals surface area contributed by atoms with E-state index in [4.69, 9.17) is 15.5 Å². The summed E-state index contributed by atoms with van der Waals surface area (Å²) >= 11 is 1.78. The molecule has 1 saturated heterocycles. The van der Waals surface area contributed by atoms with Crippen LogP contribution in [0.4, 0.5) is 0 Å². The molecule has 0 saturated carbocycles. The summed E-state index contributed by atoms with van der Waals surface area (Å²) in [7, 11) is 0. The Morgan fingerprint density at radius 3 is 2.94 bits per heavy atom. The first-order valence-corrected chi connectivity index (χ1v) is 6.96. The molecule has 3 rings (SSSR count). The molecule has 1 aromatic heterocycles. The van der Waals surface area contributed by atoms with Crippen molar-refractivity contribution in [1.82, 2.24) is 4.98 Å². The summed E-state index contributed by atoms with van der Waals surface area (Å²) in [5.41, 5.74) is 7.35. The fourth-order valence-electron chi connectivity index (χ4n) is 2.59. The third-order valence-electron chi connectivity index (χ3n) is 3.52. The van der Waals surface area contributed by atoms with Gasteiger partial charge in [-0.25, -0.2) is 4.98 Å². The fraction of sp³-hybridized carbons (Fsp3) is 0.750. The van der Waals surface area contributed by atoms with Crippen molar-refractivity contribution in [2.75, 3.05) is 0 Å². The Bertz CT molecular complexity index is 390. The second-order valence-corrected chi connectivity index (χ2v) is 5.94. The summed E-state index contributed by atoms with van der Waals surface area (Å²) in [6.45, 7) is 2.14. The van der Waals surface area contributed by atoms with Crippen LogP contribution in [0.25, 0.3) is 0 Å². The number of rotatable bonds is 1. The smallest absolute Gasteiger partial charge is 0.122 e. The fourth-order valence-corrected chi connectivity index (χ4v) is 3.81. The molecule has 0 radical (unpaired) electrons. The highest BCUT2D eigenvalue weighted by molar-refractivity contribution is 7.11. The van der Waals surface area contributed by atoms with Crippen molar-refractivity contribution in [2.24, 2.45) is 5.73 Å². The van der Waals surface area contributed by atoms with Gasteiger partial charge in [0.05, 0.1) is 11.8 Å². The van der Waals surface area contributed by atoms with Crippen LogP contribution in [0.15, 0.2) is 0 Å². The summed E-state index contributed by atoms with van der Waals surface area (Å²) in [5, 5.41) is 1.16. The molecule has 2 N–H and O–H groups in total. The number of aromatic nitrogens is 1. The molecule has 1 aliphatic heterocycles. The van der Waals surface area contributed by atoms with Crippen molar-refractivity contribution in [1.29, 1.82) is 0 Å². The van der Waals surface area contributed by atoms with Crippen LogP contribution >= 0.6 is 11.3 Å². The van der Waals surface area contributed by atoms with E-state index in [-0.39, 0.29) is 12.1 Å². The minimum atomic E-state index is 0.217. The highest BCUT2D eigenvalue weighted by Crippen LogP contribution is 2.39. The van der Waals surface area contributed by atoms with Crippen LogP contribution in [0.2, 0.25) is 0 Å². The molecule has 4 heteroatoms. The SMILES string of the molecule is CC1CCC(c2nc3c(s2)C(N)CCC3)O1. The van der Waals surface area contributed by atoms with E-state index in [0.717, 1.165) is 30.7 Å². The summed E-state index contributed by atoms with van der Waals surface area (Å²) in [6, 6.07) is 0.217. The average Bonchev–Trinajstić information content (AvgIpc) is 2.84. The number of nitrogens with two attached hydrogens (primary N) is 1. The molecule has 2 heterocycles. The van der Waals surface area contributed by atoms with Crippen molar-refractivity contribution in [3.05, 3.63) is 15.6 Å². The molecule has 3 atom stereocenters. The first-order chi connectivity index (χ1) is 7.74. The number of ether oxygens (including phenoxy) is 1. The Kier molecular flexibility index (Phi) is 2.73. The summed E-state index contributed by atoms with van der Waals surface area (Å²) in [6.07, 6.45) is 6.28. The topological polar surface area (TPSA) is 48.1 Å². The first kappa shape index (κ1) is 10.7. The van der Waals surface area contributed by atoms with E-state index in [1.165, 1.54) is 17.0 Å². The van der Waals surface area contributed by atoms with Crippen LogP contribution in [0.3, 0.4) is 0 Å². The standard InChI is InChI=1S/C12H18N2OS/c1-7-5-6-10(15-7)12-14-9-4-2-3-8(13)11(9)16-12/h7-8,10H,2-6,13H2,1H3. The molecule has 1 fully saturated rings. The highest BCUT2D eigenvalue weighted by atomic mass is 32.1. The monoisotopic (exact) mass is 238 g/mol. The molecule has 3 nitrogen and oxygen atoms in total. The lowest BCUT2D eigenvalue weighted by Crippen LogP contribution is -2.15. The molecule has 88 valence electrons. The van der Waals surface area contributed by atoms with Gasteiger partial charge in [0, 0.05) is 10.9 Å². The molecule has 0 spiro atoms. The van der Waals surface area contributed by atoms with Crippen LogP contribution in [0.5, 0.6) is 0 Å². The molecule has 2 aliphatic rings. The zero-order valence-corrected chi connectivity index (χ0v) is 10.4. The van der Waals surface area contributed by atoms with Crippen LogP contribution in [-0.2, 0) is 11.2 Å². The normalized spacial score (nSPS) is 34.0. The van der Waals surface area contributed by atoms with Gasteiger partial charge in [-0.05, 0) is 39.0 Å². The number of hydrogen-bond acceptors (Lipinski definition) is 4. The number of nitrogens with zero attached hydrogens (tertiary/aromatic N) is 1. The van der Waals surface area contributed by atoms with Crippen LogP contribution in [0, 0.1) is 0 Å². The lowest BCUT2D eigenvalue weighted by molar-refractivity contribution is 0.0553. The zero-order chi connectivity index (χ0) is 11.1. The van der Waals surface area contributed by atoms with Crippen LogP contribution in [0.1, 0.15) is 60.3 Å². The van der Waals surface area contributed by atoms with Gasteiger partial charge in [-0.2, -0.15) is 0 Å². The molecule has 0 aromatic carbocycles. The zero-order valence-electron chi connectivity index (χ0n) is 9.61. The molecular weight excluding hydrogens is 220 g/mol. The van der Waals surface area contributed by atoms with Crippen molar-refractivity contribution in [2.45, 2.75) is 57.3 Å². The number of aryl methyl sites for hydroxylation is 1. The van der Waals surface area contributed by atoms with E-state index in [0.29, 0.717) is 6.10 Å². The van der Waals surface area contributed by atoms with Gasteiger partial charge in [-0.1, -0.05) is 0 Å². The van der Waals surface area contributed by atoms with Gasteiger partial charge in [0.2, 0.25) is 0 Å². The molecule has 16 heavy (non-hydrogen) atoms.